The fourth-order valence-corrected chi connectivity index (χ4v) is 3.74. The summed E-state index contributed by atoms with van der Waals surface area (Å²) in [5.74, 6) is 6.95. The molecule has 1 aromatic carbocycles. The third-order valence-corrected chi connectivity index (χ3v) is 5.24. The number of thioether (sulfide) groups is 1. The smallest absolute Gasteiger partial charge is 0.230 e. The zero-order valence-electron chi connectivity index (χ0n) is 12.5. The van der Waals surface area contributed by atoms with Crippen LogP contribution in [-0.2, 0) is 4.79 Å². The van der Waals surface area contributed by atoms with Crippen molar-refractivity contribution in [1.82, 2.24) is 20.2 Å². The van der Waals surface area contributed by atoms with E-state index in [1.54, 1.807) is 0 Å². The van der Waals surface area contributed by atoms with E-state index in [9.17, 15) is 4.79 Å². The Bertz CT molecular complexity index is 699. The Morgan fingerprint density at radius 2 is 2.17 bits per heavy atom. The highest BCUT2D eigenvalue weighted by atomic mass is 79.9. The first-order valence-corrected chi connectivity index (χ1v) is 9.30. The molecule has 1 amide bonds. The summed E-state index contributed by atoms with van der Waals surface area (Å²) in [7, 11) is 0. The second kappa shape index (κ2) is 7.35. The van der Waals surface area contributed by atoms with Crippen molar-refractivity contribution in [3.05, 3.63) is 28.7 Å². The van der Waals surface area contributed by atoms with Crippen molar-refractivity contribution in [2.75, 3.05) is 11.6 Å². The molecule has 1 aromatic heterocycles. The zero-order chi connectivity index (χ0) is 16.2. The van der Waals surface area contributed by atoms with E-state index in [2.05, 4.69) is 31.4 Å². The van der Waals surface area contributed by atoms with E-state index in [4.69, 9.17) is 5.84 Å². The molecule has 0 radical (unpaired) electrons. The van der Waals surface area contributed by atoms with Gasteiger partial charge in [0.1, 0.15) is 0 Å². The highest BCUT2D eigenvalue weighted by molar-refractivity contribution is 9.10. The van der Waals surface area contributed by atoms with Crippen molar-refractivity contribution in [1.29, 1.82) is 0 Å². The summed E-state index contributed by atoms with van der Waals surface area (Å²) in [6.07, 6.45) is 4.56. The van der Waals surface area contributed by atoms with Gasteiger partial charge in [0.15, 0.2) is 5.82 Å². The Hall–Kier alpha value is -1.54. The standard InChI is InChI=1S/C15H18BrN5OS/c16-11-5-3-4-10(8-11)14-19-20-15(21(14)17)23-9-13(22)18-12-6-1-2-7-12/h3-5,8,12H,1-2,6-7,9,17H2,(H,18,22). The van der Waals surface area contributed by atoms with Gasteiger partial charge < -0.3 is 11.2 Å². The van der Waals surface area contributed by atoms with Crippen molar-refractivity contribution in [2.45, 2.75) is 36.9 Å². The number of hydrogen-bond donors (Lipinski definition) is 2. The molecule has 2 aromatic rings. The highest BCUT2D eigenvalue weighted by Crippen LogP contribution is 2.24. The van der Waals surface area contributed by atoms with E-state index in [0.29, 0.717) is 22.8 Å². The van der Waals surface area contributed by atoms with Crippen LogP contribution in [0.3, 0.4) is 0 Å². The minimum absolute atomic E-state index is 0.0221. The maximum Gasteiger partial charge on any atom is 0.230 e. The number of carbonyl (C=O) groups is 1. The van der Waals surface area contributed by atoms with E-state index in [1.165, 1.54) is 29.3 Å². The third kappa shape index (κ3) is 4.06. The average molecular weight is 396 g/mol. The summed E-state index contributed by atoms with van der Waals surface area (Å²) in [4.78, 5) is 12.0. The van der Waals surface area contributed by atoms with Gasteiger partial charge in [0, 0.05) is 16.1 Å². The lowest BCUT2D eigenvalue weighted by Crippen LogP contribution is -2.34. The van der Waals surface area contributed by atoms with Crippen molar-refractivity contribution in [3.63, 3.8) is 0 Å². The summed E-state index contributed by atoms with van der Waals surface area (Å²) in [5.41, 5.74) is 0.872. The van der Waals surface area contributed by atoms with Crippen molar-refractivity contribution >= 4 is 33.6 Å². The average Bonchev–Trinajstić information content (AvgIpc) is 3.15. The van der Waals surface area contributed by atoms with Gasteiger partial charge in [-0.05, 0) is 25.0 Å². The minimum Gasteiger partial charge on any atom is -0.353 e. The lowest BCUT2D eigenvalue weighted by atomic mass is 10.2. The largest absolute Gasteiger partial charge is 0.353 e. The van der Waals surface area contributed by atoms with E-state index >= 15 is 0 Å². The molecule has 0 aliphatic heterocycles. The number of carbonyl (C=O) groups excluding carboxylic acids is 1. The molecule has 8 heteroatoms. The lowest BCUT2D eigenvalue weighted by Gasteiger charge is -2.11. The van der Waals surface area contributed by atoms with Crippen molar-refractivity contribution in [3.8, 4) is 11.4 Å². The summed E-state index contributed by atoms with van der Waals surface area (Å²) < 4.78 is 2.37. The first-order chi connectivity index (χ1) is 11.1. The minimum atomic E-state index is 0.0221. The predicted octanol–water partition coefficient (Wildman–Crippen LogP) is 2.57. The molecule has 0 unspecified atom stereocenters. The van der Waals surface area contributed by atoms with Crippen LogP contribution < -0.4 is 11.2 Å². The van der Waals surface area contributed by atoms with Gasteiger partial charge in [0.05, 0.1) is 5.75 Å². The van der Waals surface area contributed by atoms with Gasteiger partial charge in [0.25, 0.3) is 0 Å². The monoisotopic (exact) mass is 395 g/mol. The van der Waals surface area contributed by atoms with Crippen LogP contribution in [0.2, 0.25) is 0 Å². The Morgan fingerprint density at radius 3 is 2.91 bits per heavy atom. The molecule has 1 saturated carbocycles. The van der Waals surface area contributed by atoms with Crippen LogP contribution in [0, 0.1) is 0 Å². The molecule has 3 rings (SSSR count). The van der Waals surface area contributed by atoms with Crippen LogP contribution in [0.15, 0.2) is 33.9 Å². The number of rotatable bonds is 5. The number of halogens is 1. The number of benzene rings is 1. The zero-order valence-corrected chi connectivity index (χ0v) is 14.9. The maximum absolute atomic E-state index is 12.0. The summed E-state index contributed by atoms with van der Waals surface area (Å²) >= 11 is 4.72. The molecule has 1 aliphatic rings. The van der Waals surface area contributed by atoms with Gasteiger partial charge >= 0.3 is 0 Å². The van der Waals surface area contributed by atoms with Gasteiger partial charge in [-0.15, -0.1) is 10.2 Å². The van der Waals surface area contributed by atoms with Crippen LogP contribution in [0.25, 0.3) is 11.4 Å². The second-order valence-electron chi connectivity index (χ2n) is 5.52. The molecule has 0 saturated heterocycles. The first-order valence-electron chi connectivity index (χ1n) is 7.52. The van der Waals surface area contributed by atoms with Crippen LogP contribution in [0.1, 0.15) is 25.7 Å². The number of nitrogen functional groups attached to an aromatic ring is 1. The van der Waals surface area contributed by atoms with Crippen LogP contribution >= 0.6 is 27.7 Å². The molecule has 0 spiro atoms. The Balaban J connectivity index is 1.62. The molecular weight excluding hydrogens is 378 g/mol. The van der Waals surface area contributed by atoms with Crippen LogP contribution in [0.4, 0.5) is 0 Å². The highest BCUT2D eigenvalue weighted by Gasteiger charge is 2.18. The first kappa shape index (κ1) is 16.3. The number of aromatic nitrogens is 3. The quantitative estimate of drug-likeness (QED) is 0.599. The fraction of sp³-hybridized carbons (Fsp3) is 0.400. The molecule has 0 bridgehead atoms. The van der Waals surface area contributed by atoms with Crippen molar-refractivity contribution < 1.29 is 4.79 Å². The molecule has 0 atom stereocenters. The van der Waals surface area contributed by atoms with E-state index in [0.717, 1.165) is 22.9 Å². The normalized spacial score (nSPS) is 15.0. The van der Waals surface area contributed by atoms with Gasteiger partial charge in [-0.25, -0.2) is 4.68 Å². The topological polar surface area (TPSA) is 85.8 Å². The number of nitrogens with zero attached hydrogens (tertiary/aromatic N) is 3. The Morgan fingerprint density at radius 1 is 1.39 bits per heavy atom. The molecule has 122 valence electrons. The molecule has 1 fully saturated rings. The molecule has 23 heavy (non-hydrogen) atoms. The molecule has 1 heterocycles. The molecule has 3 N–H and O–H groups in total. The van der Waals surface area contributed by atoms with Crippen LogP contribution in [0.5, 0.6) is 0 Å². The molecule has 6 nitrogen and oxygen atoms in total. The second-order valence-corrected chi connectivity index (χ2v) is 7.38. The summed E-state index contributed by atoms with van der Waals surface area (Å²) in [6, 6.07) is 8.02. The lowest BCUT2D eigenvalue weighted by molar-refractivity contribution is -0.119. The maximum atomic E-state index is 12.0. The van der Waals surface area contributed by atoms with E-state index in [1.807, 2.05) is 24.3 Å². The van der Waals surface area contributed by atoms with Gasteiger partial charge in [-0.2, -0.15) is 0 Å². The Kier molecular flexibility index (Phi) is 5.22. The summed E-state index contributed by atoms with van der Waals surface area (Å²) in [6.45, 7) is 0. The number of nitrogens with two attached hydrogens (primary N) is 1. The molecular formula is C15H18BrN5OS. The van der Waals surface area contributed by atoms with Crippen LogP contribution in [-0.4, -0.2) is 32.6 Å². The third-order valence-electron chi connectivity index (χ3n) is 3.80. The molecule has 1 aliphatic carbocycles. The van der Waals surface area contributed by atoms with Gasteiger partial charge in [-0.1, -0.05) is 52.7 Å². The number of nitrogens with one attached hydrogen (secondary N) is 1. The van der Waals surface area contributed by atoms with E-state index < -0.39 is 0 Å². The predicted molar refractivity (Wildman–Crippen MR) is 94.4 cm³/mol. The SMILES string of the molecule is Nn1c(SCC(=O)NC2CCCC2)nnc1-c1cccc(Br)c1. The van der Waals surface area contributed by atoms with Crippen molar-refractivity contribution in [2.24, 2.45) is 0 Å². The van der Waals surface area contributed by atoms with Gasteiger partial charge in [-0.3, -0.25) is 4.79 Å². The van der Waals surface area contributed by atoms with Gasteiger partial charge in [0.2, 0.25) is 11.1 Å². The Labute approximate surface area is 147 Å². The number of hydrogen-bond acceptors (Lipinski definition) is 5. The number of amides is 1. The fourth-order valence-electron chi connectivity index (χ4n) is 2.67. The summed E-state index contributed by atoms with van der Waals surface area (Å²) in [5, 5.41) is 11.8. The van der Waals surface area contributed by atoms with E-state index in [-0.39, 0.29) is 5.91 Å².